The maximum Gasteiger partial charge on any atom is 0.330 e. The lowest BCUT2D eigenvalue weighted by Gasteiger charge is -2.22. The van der Waals surface area contributed by atoms with E-state index in [4.69, 9.17) is 17.3 Å². The third kappa shape index (κ3) is 4.23. The largest absolute Gasteiger partial charge is 0.383 e. The monoisotopic (exact) mass is 384 g/mol. The van der Waals surface area contributed by atoms with Gasteiger partial charge in [-0.3, -0.25) is 14.3 Å². The van der Waals surface area contributed by atoms with Crippen LogP contribution in [0.3, 0.4) is 0 Å². The minimum Gasteiger partial charge on any atom is -0.383 e. The SMILES string of the molecule is CN(CCc1ccccc1Cl)c1c(N)n(Cc2ccccc2)c(=O)[nH]c1=O. The van der Waals surface area contributed by atoms with Crippen LogP contribution in [0.2, 0.25) is 5.02 Å². The Balaban J connectivity index is 1.88. The molecule has 0 amide bonds. The number of aromatic nitrogens is 2. The van der Waals surface area contributed by atoms with Gasteiger partial charge in [-0.05, 0) is 23.6 Å². The zero-order valence-electron chi connectivity index (χ0n) is 15.0. The van der Waals surface area contributed by atoms with E-state index in [0.29, 0.717) is 18.0 Å². The number of nitrogens with zero attached hydrogens (tertiary/aromatic N) is 2. The number of nitrogens with one attached hydrogen (secondary N) is 1. The number of halogens is 1. The summed E-state index contributed by atoms with van der Waals surface area (Å²) >= 11 is 6.20. The minimum atomic E-state index is -0.524. The Morgan fingerprint density at radius 1 is 1.07 bits per heavy atom. The Labute approximate surface area is 161 Å². The molecule has 0 spiro atoms. The van der Waals surface area contributed by atoms with Crippen molar-refractivity contribution >= 4 is 23.1 Å². The van der Waals surface area contributed by atoms with Crippen molar-refractivity contribution in [3.05, 3.63) is 91.6 Å². The predicted octanol–water partition coefficient (Wildman–Crippen LogP) is 2.50. The molecule has 0 aliphatic heterocycles. The number of benzene rings is 2. The molecule has 0 radical (unpaired) electrons. The summed E-state index contributed by atoms with van der Waals surface area (Å²) in [7, 11) is 1.77. The Bertz CT molecular complexity index is 1040. The first-order chi connectivity index (χ1) is 13.0. The Kier molecular flexibility index (Phi) is 5.66. The van der Waals surface area contributed by atoms with Gasteiger partial charge in [-0.1, -0.05) is 60.1 Å². The fourth-order valence-electron chi connectivity index (χ4n) is 2.97. The van der Waals surface area contributed by atoms with Crippen molar-refractivity contribution in [2.45, 2.75) is 13.0 Å². The highest BCUT2D eigenvalue weighted by molar-refractivity contribution is 6.31. The third-order valence-electron chi connectivity index (χ3n) is 4.45. The number of hydrogen-bond acceptors (Lipinski definition) is 4. The third-order valence-corrected chi connectivity index (χ3v) is 4.82. The Morgan fingerprint density at radius 2 is 1.74 bits per heavy atom. The van der Waals surface area contributed by atoms with Gasteiger partial charge in [-0.2, -0.15) is 0 Å². The van der Waals surface area contributed by atoms with Crippen LogP contribution in [0.5, 0.6) is 0 Å². The molecule has 2 aromatic carbocycles. The molecule has 0 saturated heterocycles. The lowest BCUT2D eigenvalue weighted by Crippen LogP contribution is -2.37. The predicted molar refractivity (Wildman–Crippen MR) is 110 cm³/mol. The van der Waals surface area contributed by atoms with Crippen LogP contribution < -0.4 is 21.9 Å². The number of H-pyrrole nitrogens is 1. The molecule has 0 fully saturated rings. The zero-order chi connectivity index (χ0) is 19.4. The van der Waals surface area contributed by atoms with E-state index in [2.05, 4.69) is 4.98 Å². The quantitative estimate of drug-likeness (QED) is 0.683. The summed E-state index contributed by atoms with van der Waals surface area (Å²) in [5.74, 6) is 0.147. The summed E-state index contributed by atoms with van der Waals surface area (Å²) in [6, 6.07) is 17.0. The van der Waals surface area contributed by atoms with Crippen LogP contribution >= 0.6 is 11.6 Å². The van der Waals surface area contributed by atoms with Gasteiger partial charge in [-0.25, -0.2) is 4.79 Å². The summed E-state index contributed by atoms with van der Waals surface area (Å²) in [6.45, 7) is 0.814. The average Bonchev–Trinajstić information content (AvgIpc) is 2.65. The molecule has 7 heteroatoms. The number of hydrogen-bond donors (Lipinski definition) is 2. The van der Waals surface area contributed by atoms with Crippen molar-refractivity contribution in [1.29, 1.82) is 0 Å². The number of nitrogens with two attached hydrogens (primary N) is 1. The Morgan fingerprint density at radius 3 is 2.44 bits per heavy atom. The first-order valence-corrected chi connectivity index (χ1v) is 8.96. The molecule has 0 atom stereocenters. The van der Waals surface area contributed by atoms with Crippen LogP contribution in [0.4, 0.5) is 11.5 Å². The second kappa shape index (κ2) is 8.14. The van der Waals surface area contributed by atoms with Crippen molar-refractivity contribution in [2.24, 2.45) is 0 Å². The molecule has 0 bridgehead atoms. The first-order valence-electron chi connectivity index (χ1n) is 8.58. The van der Waals surface area contributed by atoms with Gasteiger partial charge >= 0.3 is 5.69 Å². The van der Waals surface area contributed by atoms with Crippen molar-refractivity contribution in [3.63, 3.8) is 0 Å². The first kappa shape index (κ1) is 18.8. The minimum absolute atomic E-state index is 0.147. The molecule has 1 heterocycles. The van der Waals surface area contributed by atoms with Crippen molar-refractivity contribution in [2.75, 3.05) is 24.2 Å². The standard InChI is InChI=1S/C20H21ClN4O2/c1-24(12-11-15-9-5-6-10-16(15)21)17-18(22)25(20(27)23-19(17)26)13-14-7-3-2-4-8-14/h2-10H,11-13,22H2,1H3,(H,23,26,27). The number of anilines is 2. The van der Waals surface area contributed by atoms with E-state index in [-0.39, 0.29) is 18.1 Å². The van der Waals surface area contributed by atoms with Crippen molar-refractivity contribution in [1.82, 2.24) is 9.55 Å². The van der Waals surface area contributed by atoms with E-state index in [9.17, 15) is 9.59 Å². The topological polar surface area (TPSA) is 84.1 Å². The second-order valence-corrected chi connectivity index (χ2v) is 6.74. The average molecular weight is 385 g/mol. The molecule has 6 nitrogen and oxygen atoms in total. The zero-order valence-corrected chi connectivity index (χ0v) is 15.7. The smallest absolute Gasteiger partial charge is 0.330 e. The molecule has 3 aromatic rings. The van der Waals surface area contributed by atoms with Gasteiger partial charge < -0.3 is 10.6 Å². The molecule has 3 rings (SSSR count). The van der Waals surface area contributed by atoms with Gasteiger partial charge in [-0.15, -0.1) is 0 Å². The van der Waals surface area contributed by atoms with E-state index >= 15 is 0 Å². The molecule has 3 N–H and O–H groups in total. The molecule has 0 unspecified atom stereocenters. The highest BCUT2D eigenvalue weighted by Crippen LogP contribution is 2.19. The van der Waals surface area contributed by atoms with Crippen LogP contribution in [0.25, 0.3) is 0 Å². The van der Waals surface area contributed by atoms with E-state index in [1.165, 1.54) is 4.57 Å². The molecule has 0 aliphatic carbocycles. The number of nitrogen functional groups attached to an aromatic ring is 1. The molecule has 1 aromatic heterocycles. The number of rotatable bonds is 6. The lowest BCUT2D eigenvalue weighted by atomic mass is 10.1. The summed E-state index contributed by atoms with van der Waals surface area (Å²) < 4.78 is 1.37. The van der Waals surface area contributed by atoms with Crippen molar-refractivity contribution < 1.29 is 0 Å². The summed E-state index contributed by atoms with van der Waals surface area (Å²) in [5.41, 5.74) is 7.37. The van der Waals surface area contributed by atoms with E-state index < -0.39 is 11.2 Å². The van der Waals surface area contributed by atoms with E-state index in [1.807, 2.05) is 54.6 Å². The van der Waals surface area contributed by atoms with Crippen LogP contribution in [0.15, 0.2) is 64.2 Å². The maximum atomic E-state index is 12.4. The summed E-state index contributed by atoms with van der Waals surface area (Å²) in [5, 5.41) is 0.682. The molecule has 27 heavy (non-hydrogen) atoms. The van der Waals surface area contributed by atoms with E-state index in [0.717, 1.165) is 11.1 Å². The van der Waals surface area contributed by atoms with Crippen LogP contribution in [0, 0.1) is 0 Å². The molecule has 140 valence electrons. The lowest BCUT2D eigenvalue weighted by molar-refractivity contribution is 0.724. The highest BCUT2D eigenvalue weighted by atomic mass is 35.5. The molecule has 0 saturated carbocycles. The van der Waals surface area contributed by atoms with Gasteiger partial charge in [0.05, 0.1) is 6.54 Å². The van der Waals surface area contributed by atoms with Crippen LogP contribution in [0.1, 0.15) is 11.1 Å². The molecular weight excluding hydrogens is 364 g/mol. The maximum absolute atomic E-state index is 12.4. The normalized spacial score (nSPS) is 10.7. The van der Waals surface area contributed by atoms with Crippen LogP contribution in [-0.2, 0) is 13.0 Å². The van der Waals surface area contributed by atoms with E-state index in [1.54, 1.807) is 11.9 Å². The molecule has 0 aliphatic rings. The number of aromatic amines is 1. The molecular formula is C20H21ClN4O2. The van der Waals surface area contributed by atoms with Gasteiger partial charge in [0.25, 0.3) is 5.56 Å². The van der Waals surface area contributed by atoms with Gasteiger partial charge in [0, 0.05) is 18.6 Å². The van der Waals surface area contributed by atoms with Crippen molar-refractivity contribution in [3.8, 4) is 0 Å². The summed E-state index contributed by atoms with van der Waals surface area (Å²) in [6.07, 6.45) is 0.646. The highest BCUT2D eigenvalue weighted by Gasteiger charge is 2.16. The fourth-order valence-corrected chi connectivity index (χ4v) is 3.20. The Hall–Kier alpha value is -2.99. The number of likely N-dealkylation sites (N-methyl/N-ethyl adjacent to an activating group) is 1. The van der Waals surface area contributed by atoms with Gasteiger partial charge in [0.15, 0.2) is 0 Å². The van der Waals surface area contributed by atoms with Gasteiger partial charge in [0.1, 0.15) is 11.5 Å². The summed E-state index contributed by atoms with van der Waals surface area (Å²) in [4.78, 5) is 28.7. The van der Waals surface area contributed by atoms with Gasteiger partial charge in [0.2, 0.25) is 0 Å². The van der Waals surface area contributed by atoms with Crippen LogP contribution in [-0.4, -0.2) is 23.1 Å². The fraction of sp³-hybridized carbons (Fsp3) is 0.200. The second-order valence-electron chi connectivity index (χ2n) is 6.33.